The number of aldehydes is 1. The molecule has 2 unspecified atom stereocenters. The molecule has 5 rings (SSSR count). The van der Waals surface area contributed by atoms with E-state index in [1.807, 2.05) is 11.9 Å². The van der Waals surface area contributed by atoms with Crippen LogP contribution in [-0.4, -0.2) is 65.4 Å². The van der Waals surface area contributed by atoms with Crippen LogP contribution in [-0.2, 0) is 29.2 Å². The smallest absolute Gasteiger partial charge is 0.266 e. The molecule has 4 heterocycles. The van der Waals surface area contributed by atoms with Crippen molar-refractivity contribution in [2.75, 3.05) is 38.7 Å². The van der Waals surface area contributed by atoms with Gasteiger partial charge in [0.2, 0.25) is 5.28 Å². The average molecular weight is 498 g/mol. The van der Waals surface area contributed by atoms with Gasteiger partial charge >= 0.3 is 0 Å². The summed E-state index contributed by atoms with van der Waals surface area (Å²) in [7, 11) is 1.94. The molecule has 2 fully saturated rings. The average Bonchev–Trinajstić information content (AvgIpc) is 3.40. The highest BCUT2D eigenvalue weighted by atomic mass is 35.5. The van der Waals surface area contributed by atoms with E-state index in [1.54, 1.807) is 0 Å². The van der Waals surface area contributed by atoms with E-state index in [4.69, 9.17) is 16.3 Å². The number of halogens is 4. The first kappa shape index (κ1) is 24.8. The van der Waals surface area contributed by atoms with Crippen LogP contribution in [0.5, 0.6) is 0 Å². The summed E-state index contributed by atoms with van der Waals surface area (Å²) in [6, 6.07) is 4.34. The summed E-state index contributed by atoms with van der Waals surface area (Å²) in [5.41, 5.74) is 1.26. The number of morpholine rings is 1. The predicted octanol–water partition coefficient (Wildman–Crippen LogP) is 3.67. The lowest BCUT2D eigenvalue weighted by molar-refractivity contribution is -0.113. The summed E-state index contributed by atoms with van der Waals surface area (Å²) in [6.45, 7) is 5.02. The van der Waals surface area contributed by atoms with Crippen LogP contribution in [0.4, 0.5) is 19.0 Å². The summed E-state index contributed by atoms with van der Waals surface area (Å²) >= 11 is 5.90. The molecule has 1 aromatic carbocycles. The number of anilines is 1. The van der Waals surface area contributed by atoms with Gasteiger partial charge in [-0.15, -0.1) is 0 Å². The summed E-state index contributed by atoms with van der Waals surface area (Å²) < 4.78 is 44.9. The Bertz CT molecular complexity index is 1030. The first-order valence-corrected chi connectivity index (χ1v) is 11.6. The fourth-order valence-corrected chi connectivity index (χ4v) is 4.79. The molecule has 0 saturated carbocycles. The molecule has 1 N–H and O–H groups in total. The van der Waals surface area contributed by atoms with Crippen LogP contribution < -0.4 is 5.32 Å². The zero-order valence-corrected chi connectivity index (χ0v) is 19.6. The van der Waals surface area contributed by atoms with Gasteiger partial charge in [0, 0.05) is 49.3 Å². The maximum atomic E-state index is 14.1. The third kappa shape index (κ3) is 5.51. The number of aromatic nitrogens is 2. The highest BCUT2D eigenvalue weighted by molar-refractivity contribution is 6.28. The lowest BCUT2D eigenvalue weighted by atomic mass is 10.0. The molecular weight excluding hydrogens is 471 g/mol. The van der Waals surface area contributed by atoms with Crippen molar-refractivity contribution in [3.8, 4) is 0 Å². The summed E-state index contributed by atoms with van der Waals surface area (Å²) in [5, 5.41) is 3.08. The molecule has 2 saturated heterocycles. The number of nitrogens with one attached hydrogen (secondary N) is 1. The predicted molar refractivity (Wildman–Crippen MR) is 121 cm³/mol. The molecule has 0 bridgehead atoms. The molecule has 0 spiro atoms. The van der Waals surface area contributed by atoms with E-state index in [2.05, 4.69) is 20.2 Å². The number of carbonyl (C=O) groups excluding carboxylic acids is 1. The number of carbonyl (C=O) groups is 1. The van der Waals surface area contributed by atoms with Crippen LogP contribution in [0.15, 0.2) is 18.2 Å². The van der Waals surface area contributed by atoms with Gasteiger partial charge in [-0.3, -0.25) is 9.80 Å². The van der Waals surface area contributed by atoms with Gasteiger partial charge in [-0.1, -0.05) is 18.2 Å². The maximum absolute atomic E-state index is 14.1. The molecule has 0 radical (unpaired) electrons. The third-order valence-corrected chi connectivity index (χ3v) is 6.57. The standard InChI is InChI=1S/C15H14ClF3N4.C8H13NO2/c1-23-6-10-11(7-23)21-15(16)22-14(10)20-5-8-3-2-4-9(12(8)17)13(18)19;10-5-7-1-2-9-3-4-11-6-8(7)9/h2-4,13H,5-7H2,1H3,(H,20,21,22);5,7-8H,1-4,6H2. The van der Waals surface area contributed by atoms with Crippen LogP contribution in [0.3, 0.4) is 0 Å². The molecule has 0 aliphatic carbocycles. The normalized spacial score (nSPS) is 22.2. The Morgan fingerprint density at radius 2 is 2.12 bits per heavy atom. The number of nitrogens with zero attached hydrogens (tertiary/aromatic N) is 4. The molecule has 0 amide bonds. The molecule has 184 valence electrons. The van der Waals surface area contributed by atoms with Gasteiger partial charge in [-0.2, -0.15) is 0 Å². The van der Waals surface area contributed by atoms with E-state index in [1.165, 1.54) is 12.1 Å². The van der Waals surface area contributed by atoms with Crippen LogP contribution in [0, 0.1) is 11.7 Å². The van der Waals surface area contributed by atoms with Gasteiger partial charge in [0.25, 0.3) is 6.43 Å². The lowest BCUT2D eigenvalue weighted by Gasteiger charge is -2.30. The van der Waals surface area contributed by atoms with E-state index >= 15 is 0 Å². The third-order valence-electron chi connectivity index (χ3n) is 6.40. The van der Waals surface area contributed by atoms with E-state index < -0.39 is 17.8 Å². The molecule has 11 heteroatoms. The molecule has 1 aromatic heterocycles. The van der Waals surface area contributed by atoms with Crippen LogP contribution in [0.25, 0.3) is 0 Å². The van der Waals surface area contributed by atoms with Crippen molar-refractivity contribution in [1.29, 1.82) is 0 Å². The van der Waals surface area contributed by atoms with Gasteiger partial charge in [-0.05, 0) is 31.6 Å². The first-order chi connectivity index (χ1) is 16.4. The summed E-state index contributed by atoms with van der Waals surface area (Å²) in [5.74, 6) is -0.162. The molecule has 2 aromatic rings. The molecule has 34 heavy (non-hydrogen) atoms. The Hall–Kier alpha value is -2.27. The van der Waals surface area contributed by atoms with Crippen LogP contribution in [0.2, 0.25) is 5.28 Å². The molecular formula is C23H27ClF3N5O2. The van der Waals surface area contributed by atoms with Gasteiger partial charge in [-0.25, -0.2) is 23.1 Å². The maximum Gasteiger partial charge on any atom is 0.266 e. The monoisotopic (exact) mass is 497 g/mol. The lowest BCUT2D eigenvalue weighted by Crippen LogP contribution is -2.43. The van der Waals surface area contributed by atoms with Crippen molar-refractivity contribution in [3.05, 3.63) is 51.7 Å². The second kappa shape index (κ2) is 11.0. The highest BCUT2D eigenvalue weighted by Gasteiger charge is 2.35. The van der Waals surface area contributed by atoms with Gasteiger partial charge in [0.1, 0.15) is 17.9 Å². The molecule has 2 atom stereocenters. The van der Waals surface area contributed by atoms with Gasteiger partial charge in [0.05, 0.1) is 24.5 Å². The minimum absolute atomic E-state index is 0.0376. The number of benzene rings is 1. The van der Waals surface area contributed by atoms with Crippen molar-refractivity contribution in [3.63, 3.8) is 0 Å². The van der Waals surface area contributed by atoms with Crippen LogP contribution in [0.1, 0.15) is 35.2 Å². The summed E-state index contributed by atoms with van der Waals surface area (Å²) in [4.78, 5) is 23.3. The van der Waals surface area contributed by atoms with E-state index in [0.717, 1.165) is 56.3 Å². The van der Waals surface area contributed by atoms with Crippen molar-refractivity contribution in [2.24, 2.45) is 5.92 Å². The van der Waals surface area contributed by atoms with E-state index in [-0.39, 0.29) is 23.3 Å². The second-order valence-electron chi connectivity index (χ2n) is 8.68. The Morgan fingerprint density at radius 1 is 1.29 bits per heavy atom. The fourth-order valence-electron chi connectivity index (χ4n) is 4.60. The molecule has 3 aliphatic heterocycles. The number of fused-ring (bicyclic) bond motifs is 2. The second-order valence-corrected chi connectivity index (χ2v) is 9.02. The fraction of sp³-hybridized carbons (Fsp3) is 0.522. The van der Waals surface area contributed by atoms with E-state index in [0.29, 0.717) is 24.9 Å². The molecule has 7 nitrogen and oxygen atoms in total. The number of hydrogen-bond donors (Lipinski definition) is 1. The number of rotatable bonds is 5. The van der Waals surface area contributed by atoms with Gasteiger partial charge < -0.3 is 14.8 Å². The van der Waals surface area contributed by atoms with Crippen LogP contribution >= 0.6 is 11.6 Å². The molecule has 3 aliphatic rings. The Balaban J connectivity index is 0.000000207. The van der Waals surface area contributed by atoms with Crippen molar-refractivity contribution in [1.82, 2.24) is 19.8 Å². The van der Waals surface area contributed by atoms with Gasteiger partial charge in [0.15, 0.2) is 0 Å². The Kier molecular flexibility index (Phi) is 8.02. The first-order valence-electron chi connectivity index (χ1n) is 11.2. The summed E-state index contributed by atoms with van der Waals surface area (Å²) in [6.07, 6.45) is -0.738. The zero-order chi connectivity index (χ0) is 24.2. The van der Waals surface area contributed by atoms with Crippen molar-refractivity contribution < 1.29 is 22.7 Å². The number of ether oxygens (including phenoxy) is 1. The minimum Gasteiger partial charge on any atom is -0.378 e. The Labute approximate surface area is 201 Å². The topological polar surface area (TPSA) is 70.6 Å². The number of alkyl halides is 2. The largest absolute Gasteiger partial charge is 0.378 e. The van der Waals surface area contributed by atoms with Crippen molar-refractivity contribution >= 4 is 23.7 Å². The van der Waals surface area contributed by atoms with Crippen molar-refractivity contribution in [2.45, 2.75) is 38.5 Å². The number of hydrogen-bond acceptors (Lipinski definition) is 7. The Morgan fingerprint density at radius 3 is 2.88 bits per heavy atom. The highest BCUT2D eigenvalue weighted by Crippen LogP contribution is 2.29. The van der Waals surface area contributed by atoms with E-state index in [9.17, 15) is 18.0 Å². The zero-order valence-electron chi connectivity index (χ0n) is 18.8. The quantitative estimate of drug-likeness (QED) is 0.499. The SMILES string of the molecule is CN1Cc2nc(Cl)nc(NCc3cccc(C(F)F)c3F)c2C1.O=CC1CCN2CCOCC12. The minimum atomic E-state index is -2.85.